The second kappa shape index (κ2) is 28.2. The summed E-state index contributed by atoms with van der Waals surface area (Å²) >= 11 is 0. The molecule has 240 valence electrons. The van der Waals surface area contributed by atoms with E-state index in [0.29, 0.717) is 26.1 Å². The van der Waals surface area contributed by atoms with Crippen molar-refractivity contribution < 1.29 is 38.9 Å². The standard InChI is InChI=1S/C26H50O4.C8H6O4/c1-3-5-7-9-15-19-23-29-25(27)21-17-13-11-12-14-18-22-26(28)30-24-20-16-10-8-6-4-2;9-7(10)5-1-2-6(4-3-5)8(11)12/h3-24H2,1-2H3;1-4H,(H,9,10)(H,11,12). The molecular formula is C34H56O8. The van der Waals surface area contributed by atoms with Gasteiger partial charge in [0.1, 0.15) is 0 Å². The smallest absolute Gasteiger partial charge is 0.335 e. The van der Waals surface area contributed by atoms with Gasteiger partial charge in [0.05, 0.1) is 24.3 Å². The number of hydrogen-bond donors (Lipinski definition) is 2. The molecule has 0 radical (unpaired) electrons. The number of esters is 2. The van der Waals surface area contributed by atoms with Crippen LogP contribution in [0.3, 0.4) is 0 Å². The van der Waals surface area contributed by atoms with Crippen molar-refractivity contribution in [3.05, 3.63) is 35.4 Å². The highest BCUT2D eigenvalue weighted by molar-refractivity contribution is 5.91. The molecule has 0 aromatic heterocycles. The van der Waals surface area contributed by atoms with Crippen LogP contribution in [0.2, 0.25) is 0 Å². The highest BCUT2D eigenvalue weighted by atomic mass is 16.5. The van der Waals surface area contributed by atoms with Crippen molar-refractivity contribution in [1.82, 2.24) is 0 Å². The Bertz CT molecular complexity index is 765. The monoisotopic (exact) mass is 592 g/mol. The molecule has 2 N–H and O–H groups in total. The van der Waals surface area contributed by atoms with Gasteiger partial charge in [0, 0.05) is 12.8 Å². The van der Waals surface area contributed by atoms with Gasteiger partial charge in [-0.1, -0.05) is 104 Å². The summed E-state index contributed by atoms with van der Waals surface area (Å²) in [6, 6.07) is 5.02. The Kier molecular flexibility index (Phi) is 26.3. The molecule has 0 unspecified atom stereocenters. The number of ether oxygens (including phenoxy) is 2. The number of carboxylic acid groups (broad SMARTS) is 2. The summed E-state index contributed by atoms with van der Waals surface area (Å²) in [6.45, 7) is 5.60. The molecule has 1 rings (SSSR count). The number of benzene rings is 1. The number of rotatable bonds is 25. The molecule has 0 fully saturated rings. The maximum Gasteiger partial charge on any atom is 0.335 e. The molecule has 8 nitrogen and oxygen atoms in total. The summed E-state index contributed by atoms with van der Waals surface area (Å²) in [5.41, 5.74) is 0.167. The van der Waals surface area contributed by atoms with E-state index in [4.69, 9.17) is 19.7 Å². The van der Waals surface area contributed by atoms with Crippen LogP contribution in [-0.2, 0) is 19.1 Å². The van der Waals surface area contributed by atoms with Crippen LogP contribution in [0.25, 0.3) is 0 Å². The van der Waals surface area contributed by atoms with E-state index in [-0.39, 0.29) is 23.1 Å². The molecule has 0 atom stereocenters. The molecule has 0 saturated carbocycles. The fourth-order valence-corrected chi connectivity index (χ4v) is 4.28. The first kappa shape index (κ1) is 39.1. The van der Waals surface area contributed by atoms with E-state index in [0.717, 1.165) is 51.4 Å². The summed E-state index contributed by atoms with van der Waals surface area (Å²) in [6.07, 6.45) is 21.9. The molecule has 0 heterocycles. The predicted molar refractivity (Wildman–Crippen MR) is 166 cm³/mol. The molecule has 0 aliphatic heterocycles. The van der Waals surface area contributed by atoms with Gasteiger partial charge in [-0.05, 0) is 49.9 Å². The van der Waals surface area contributed by atoms with E-state index in [1.165, 1.54) is 88.5 Å². The maximum atomic E-state index is 11.7. The Morgan fingerprint density at radius 1 is 0.476 bits per heavy atom. The van der Waals surface area contributed by atoms with Gasteiger partial charge in [-0.25, -0.2) is 9.59 Å². The van der Waals surface area contributed by atoms with E-state index >= 15 is 0 Å². The average Bonchev–Trinajstić information content (AvgIpc) is 2.98. The van der Waals surface area contributed by atoms with Crippen LogP contribution in [0.5, 0.6) is 0 Å². The van der Waals surface area contributed by atoms with Gasteiger partial charge in [0.25, 0.3) is 0 Å². The quantitative estimate of drug-likeness (QED) is 0.0850. The van der Waals surface area contributed by atoms with Crippen molar-refractivity contribution in [3.8, 4) is 0 Å². The lowest BCUT2D eigenvalue weighted by molar-refractivity contribution is -0.144. The molecule has 8 heteroatoms. The summed E-state index contributed by atoms with van der Waals surface area (Å²) in [7, 11) is 0. The Morgan fingerprint density at radius 3 is 1.07 bits per heavy atom. The molecule has 0 aliphatic rings. The third-order valence-electron chi connectivity index (χ3n) is 6.91. The van der Waals surface area contributed by atoms with Crippen LogP contribution in [0.4, 0.5) is 0 Å². The van der Waals surface area contributed by atoms with E-state index in [2.05, 4.69) is 13.8 Å². The summed E-state index contributed by atoms with van der Waals surface area (Å²) < 4.78 is 10.6. The third-order valence-corrected chi connectivity index (χ3v) is 6.91. The van der Waals surface area contributed by atoms with Crippen molar-refractivity contribution in [2.45, 2.75) is 142 Å². The topological polar surface area (TPSA) is 127 Å². The average molecular weight is 593 g/mol. The highest BCUT2D eigenvalue weighted by Crippen LogP contribution is 2.11. The zero-order chi connectivity index (χ0) is 31.3. The van der Waals surface area contributed by atoms with Gasteiger partial charge >= 0.3 is 23.9 Å². The Hall–Kier alpha value is -2.90. The number of hydrogen-bond acceptors (Lipinski definition) is 6. The number of unbranched alkanes of at least 4 members (excludes halogenated alkanes) is 15. The maximum absolute atomic E-state index is 11.7. The molecular weight excluding hydrogens is 536 g/mol. The molecule has 1 aromatic carbocycles. The van der Waals surface area contributed by atoms with E-state index in [1.807, 2.05) is 0 Å². The molecule has 0 spiro atoms. The SMILES string of the molecule is CCCCCCCCOC(=O)CCCCCCCCC(=O)OCCCCCCCC.O=C(O)c1ccc(C(=O)O)cc1. The van der Waals surface area contributed by atoms with Crippen molar-refractivity contribution in [2.24, 2.45) is 0 Å². The van der Waals surface area contributed by atoms with Crippen LogP contribution < -0.4 is 0 Å². The first-order chi connectivity index (χ1) is 20.3. The van der Waals surface area contributed by atoms with Crippen LogP contribution in [0.15, 0.2) is 24.3 Å². The van der Waals surface area contributed by atoms with Gasteiger partial charge in [0.15, 0.2) is 0 Å². The molecule has 0 saturated heterocycles. The predicted octanol–water partition coefficient (Wildman–Crippen LogP) is 9.00. The van der Waals surface area contributed by atoms with Crippen molar-refractivity contribution in [1.29, 1.82) is 0 Å². The second-order valence-corrected chi connectivity index (χ2v) is 10.8. The summed E-state index contributed by atoms with van der Waals surface area (Å²) in [5, 5.41) is 16.9. The van der Waals surface area contributed by atoms with E-state index in [9.17, 15) is 19.2 Å². The van der Waals surface area contributed by atoms with Gasteiger partial charge in [-0.2, -0.15) is 0 Å². The van der Waals surface area contributed by atoms with E-state index in [1.54, 1.807) is 0 Å². The van der Waals surface area contributed by atoms with Crippen LogP contribution >= 0.6 is 0 Å². The minimum Gasteiger partial charge on any atom is -0.478 e. The number of carboxylic acids is 2. The molecule has 0 aliphatic carbocycles. The summed E-state index contributed by atoms with van der Waals surface area (Å²) in [4.78, 5) is 44.0. The molecule has 42 heavy (non-hydrogen) atoms. The first-order valence-corrected chi connectivity index (χ1v) is 16.2. The first-order valence-electron chi connectivity index (χ1n) is 16.2. The van der Waals surface area contributed by atoms with E-state index < -0.39 is 11.9 Å². The molecule has 0 amide bonds. The van der Waals surface area contributed by atoms with Crippen molar-refractivity contribution in [2.75, 3.05) is 13.2 Å². The van der Waals surface area contributed by atoms with Gasteiger partial charge in [-0.3, -0.25) is 9.59 Å². The largest absolute Gasteiger partial charge is 0.478 e. The van der Waals surface area contributed by atoms with Gasteiger partial charge in [-0.15, -0.1) is 0 Å². The van der Waals surface area contributed by atoms with Crippen LogP contribution in [0, 0.1) is 0 Å². The molecule has 1 aromatic rings. The number of carbonyl (C=O) groups excluding carboxylic acids is 2. The zero-order valence-electron chi connectivity index (χ0n) is 26.2. The highest BCUT2D eigenvalue weighted by Gasteiger charge is 2.06. The van der Waals surface area contributed by atoms with Crippen molar-refractivity contribution >= 4 is 23.9 Å². The second-order valence-electron chi connectivity index (χ2n) is 10.8. The minimum absolute atomic E-state index is 0.0448. The normalized spacial score (nSPS) is 10.4. The van der Waals surface area contributed by atoms with Crippen LogP contribution in [0.1, 0.15) is 163 Å². The Balaban J connectivity index is 0.00000115. The fraction of sp³-hybridized carbons (Fsp3) is 0.706. The lowest BCUT2D eigenvalue weighted by atomic mass is 10.1. The fourth-order valence-electron chi connectivity index (χ4n) is 4.28. The van der Waals surface area contributed by atoms with Gasteiger partial charge < -0.3 is 19.7 Å². The number of aromatic carboxylic acids is 2. The minimum atomic E-state index is -1.06. The van der Waals surface area contributed by atoms with Gasteiger partial charge in [0.2, 0.25) is 0 Å². The Labute approximate surface area is 253 Å². The molecule has 0 bridgehead atoms. The number of carbonyl (C=O) groups is 4. The lowest BCUT2D eigenvalue weighted by Gasteiger charge is -2.06. The zero-order valence-corrected chi connectivity index (χ0v) is 26.2. The lowest BCUT2D eigenvalue weighted by Crippen LogP contribution is -2.06. The summed E-state index contributed by atoms with van der Waals surface area (Å²) in [5.74, 6) is -2.22. The van der Waals surface area contributed by atoms with Crippen LogP contribution in [-0.4, -0.2) is 47.3 Å². The third kappa shape index (κ3) is 24.9. The van der Waals surface area contributed by atoms with Crippen molar-refractivity contribution in [3.63, 3.8) is 0 Å². The Morgan fingerprint density at radius 2 is 0.762 bits per heavy atom.